The van der Waals surface area contributed by atoms with E-state index in [1.165, 1.54) is 16.8 Å². The summed E-state index contributed by atoms with van der Waals surface area (Å²) in [5.41, 5.74) is 4.88. The number of alkyl halides is 1. The molecule has 2 aromatic carbocycles. The first-order valence-electron chi connectivity index (χ1n) is 11.6. The third-order valence-electron chi connectivity index (χ3n) is 5.92. The molecule has 0 saturated carbocycles. The molecule has 33 heavy (non-hydrogen) atoms. The molecule has 0 bridgehead atoms. The third kappa shape index (κ3) is 6.05. The largest absolute Gasteiger partial charge is 0.449 e. The molecular weight excluding hydrogens is 434 g/mol. The molecule has 2 aliphatic rings. The number of halogens is 1. The molecule has 0 fully saturated rings. The number of carbonyl (C=O) groups is 1. The van der Waals surface area contributed by atoms with Crippen LogP contribution in [0.1, 0.15) is 42.0 Å². The van der Waals surface area contributed by atoms with Gasteiger partial charge in [-0.2, -0.15) is 0 Å². The summed E-state index contributed by atoms with van der Waals surface area (Å²) >= 11 is 5.63. The lowest BCUT2D eigenvalue weighted by Crippen LogP contribution is -2.37. The topological polar surface area (TPSA) is 54.5 Å². The Bertz CT molecular complexity index is 1000. The smallest absolute Gasteiger partial charge is 0.412 e. The second-order valence-corrected chi connectivity index (χ2v) is 8.58. The number of aryl methyl sites for hydroxylation is 1. The summed E-state index contributed by atoms with van der Waals surface area (Å²) in [5, 5.41) is 2.80. The highest BCUT2D eigenvalue weighted by Crippen LogP contribution is 2.43. The first-order valence-corrected chi connectivity index (χ1v) is 12.1. The Morgan fingerprint density at radius 1 is 1.06 bits per heavy atom. The lowest BCUT2D eigenvalue weighted by Gasteiger charge is -2.39. The minimum absolute atomic E-state index is 0.253. The van der Waals surface area contributed by atoms with Gasteiger partial charge < -0.3 is 9.64 Å². The number of hydrogen-bond acceptors (Lipinski definition) is 4. The number of aromatic nitrogens is 1. The standard InChI is InChI=1S/C21H24ClN3O2.C6H6/c22-10-5-13-27-21(26)24-18-14-16-8-4-11-25-12-9-17(19(23-18)20(16)25)15-6-2-1-3-7-15;1-2-4-6-5-3-1/h1-3,6-7,14,17H,4-5,8-13H2,(H,23,24,26);1-6H. The third-order valence-corrected chi connectivity index (χ3v) is 6.18. The first kappa shape index (κ1) is 23.1. The summed E-state index contributed by atoms with van der Waals surface area (Å²) in [4.78, 5) is 19.4. The number of rotatable bonds is 5. The molecule has 6 heteroatoms. The average molecular weight is 464 g/mol. The Morgan fingerprint density at radius 3 is 2.45 bits per heavy atom. The number of ether oxygens (including phenoxy) is 1. The van der Waals surface area contributed by atoms with Gasteiger partial charge in [0.25, 0.3) is 0 Å². The van der Waals surface area contributed by atoms with Crippen molar-refractivity contribution in [3.8, 4) is 0 Å². The average Bonchev–Trinajstić information content (AvgIpc) is 2.86. The molecule has 5 rings (SSSR count). The van der Waals surface area contributed by atoms with E-state index in [-0.39, 0.29) is 5.92 Å². The van der Waals surface area contributed by atoms with Crippen molar-refractivity contribution in [1.82, 2.24) is 4.98 Å². The zero-order valence-electron chi connectivity index (χ0n) is 18.8. The van der Waals surface area contributed by atoms with Crippen LogP contribution in [0.5, 0.6) is 0 Å². The van der Waals surface area contributed by atoms with Gasteiger partial charge in [-0.05, 0) is 42.9 Å². The normalized spacial score (nSPS) is 16.2. The Hall–Kier alpha value is -3.05. The van der Waals surface area contributed by atoms with Crippen LogP contribution < -0.4 is 10.2 Å². The molecule has 1 atom stereocenters. The Balaban J connectivity index is 0.000000376. The van der Waals surface area contributed by atoms with Gasteiger partial charge in [0.15, 0.2) is 0 Å². The number of pyridine rings is 1. The van der Waals surface area contributed by atoms with E-state index in [0.717, 1.165) is 38.0 Å². The highest BCUT2D eigenvalue weighted by atomic mass is 35.5. The number of benzene rings is 2. The van der Waals surface area contributed by atoms with E-state index < -0.39 is 6.09 Å². The summed E-state index contributed by atoms with van der Waals surface area (Å²) in [6.45, 7) is 2.44. The lowest BCUT2D eigenvalue weighted by molar-refractivity contribution is 0.162. The van der Waals surface area contributed by atoms with E-state index >= 15 is 0 Å². The van der Waals surface area contributed by atoms with Crippen molar-refractivity contribution in [2.45, 2.75) is 31.6 Å². The van der Waals surface area contributed by atoms with E-state index in [1.54, 1.807) is 0 Å². The second kappa shape index (κ2) is 11.7. The van der Waals surface area contributed by atoms with Crippen molar-refractivity contribution in [3.63, 3.8) is 0 Å². The fourth-order valence-electron chi connectivity index (χ4n) is 4.45. The highest BCUT2D eigenvalue weighted by molar-refractivity contribution is 6.17. The van der Waals surface area contributed by atoms with Crippen LogP contribution in [0.2, 0.25) is 0 Å². The number of carbonyl (C=O) groups excluding carboxylic acids is 1. The van der Waals surface area contributed by atoms with Crippen LogP contribution in [0, 0.1) is 0 Å². The van der Waals surface area contributed by atoms with Crippen LogP contribution in [0.25, 0.3) is 0 Å². The molecule has 5 nitrogen and oxygen atoms in total. The Kier molecular flexibility index (Phi) is 8.20. The van der Waals surface area contributed by atoms with Crippen molar-refractivity contribution in [1.29, 1.82) is 0 Å². The molecule has 2 aliphatic heterocycles. The maximum Gasteiger partial charge on any atom is 0.412 e. The zero-order chi connectivity index (χ0) is 22.9. The molecule has 0 spiro atoms. The minimum Gasteiger partial charge on any atom is -0.449 e. The van der Waals surface area contributed by atoms with Gasteiger partial charge >= 0.3 is 6.09 Å². The lowest BCUT2D eigenvalue weighted by atomic mass is 9.84. The zero-order valence-corrected chi connectivity index (χ0v) is 19.5. The summed E-state index contributed by atoms with van der Waals surface area (Å²) in [6, 6.07) is 24.5. The molecule has 0 aliphatic carbocycles. The van der Waals surface area contributed by atoms with Gasteiger partial charge in [0.1, 0.15) is 5.82 Å². The monoisotopic (exact) mass is 463 g/mol. The summed E-state index contributed by atoms with van der Waals surface area (Å²) in [6.07, 6.45) is 3.35. The molecule has 3 heterocycles. The summed E-state index contributed by atoms with van der Waals surface area (Å²) in [7, 11) is 0. The second-order valence-electron chi connectivity index (χ2n) is 8.20. The molecule has 1 unspecified atom stereocenters. The summed E-state index contributed by atoms with van der Waals surface area (Å²) < 4.78 is 5.17. The van der Waals surface area contributed by atoms with Gasteiger partial charge in [-0.3, -0.25) is 5.32 Å². The van der Waals surface area contributed by atoms with Crippen LogP contribution in [0.4, 0.5) is 16.3 Å². The minimum atomic E-state index is -0.473. The summed E-state index contributed by atoms with van der Waals surface area (Å²) in [5.74, 6) is 1.30. The number of amides is 1. The van der Waals surface area contributed by atoms with Gasteiger partial charge in [0.05, 0.1) is 18.0 Å². The van der Waals surface area contributed by atoms with E-state index in [2.05, 4.69) is 34.5 Å². The predicted molar refractivity (Wildman–Crippen MR) is 134 cm³/mol. The maximum atomic E-state index is 12.1. The predicted octanol–water partition coefficient (Wildman–Crippen LogP) is 6.23. The van der Waals surface area contributed by atoms with Crippen LogP contribution in [0.15, 0.2) is 72.8 Å². The fraction of sp³-hybridized carbons (Fsp3) is 0.333. The molecule has 1 N–H and O–H groups in total. The van der Waals surface area contributed by atoms with Crippen LogP contribution in [-0.4, -0.2) is 36.7 Å². The van der Waals surface area contributed by atoms with Crippen molar-refractivity contribution in [2.75, 3.05) is 35.8 Å². The van der Waals surface area contributed by atoms with E-state index in [1.807, 2.05) is 48.5 Å². The van der Waals surface area contributed by atoms with Crippen LogP contribution in [-0.2, 0) is 11.2 Å². The maximum absolute atomic E-state index is 12.1. The Labute approximate surface area is 200 Å². The van der Waals surface area contributed by atoms with Gasteiger partial charge in [-0.15, -0.1) is 11.6 Å². The molecule has 172 valence electrons. The first-order chi connectivity index (χ1) is 16.3. The molecule has 1 aromatic heterocycles. The van der Waals surface area contributed by atoms with E-state index in [4.69, 9.17) is 21.3 Å². The van der Waals surface area contributed by atoms with Gasteiger partial charge in [0, 0.05) is 24.9 Å². The quantitative estimate of drug-likeness (QED) is 0.359. The highest BCUT2D eigenvalue weighted by Gasteiger charge is 2.32. The number of hydrogen-bond donors (Lipinski definition) is 1. The fourth-order valence-corrected chi connectivity index (χ4v) is 4.56. The molecule has 0 saturated heterocycles. The van der Waals surface area contributed by atoms with E-state index in [9.17, 15) is 4.79 Å². The van der Waals surface area contributed by atoms with Crippen molar-refractivity contribution in [2.24, 2.45) is 0 Å². The molecule has 3 aromatic rings. The number of nitrogens with one attached hydrogen (secondary N) is 1. The Morgan fingerprint density at radius 2 is 1.76 bits per heavy atom. The number of anilines is 2. The van der Waals surface area contributed by atoms with Crippen molar-refractivity contribution >= 4 is 29.2 Å². The van der Waals surface area contributed by atoms with Gasteiger partial charge in [0.2, 0.25) is 0 Å². The van der Waals surface area contributed by atoms with Gasteiger partial charge in [-0.1, -0.05) is 66.7 Å². The van der Waals surface area contributed by atoms with Crippen molar-refractivity contribution < 1.29 is 9.53 Å². The van der Waals surface area contributed by atoms with Crippen LogP contribution >= 0.6 is 11.6 Å². The van der Waals surface area contributed by atoms with Gasteiger partial charge in [-0.25, -0.2) is 9.78 Å². The molecular formula is C27H30ClN3O2. The number of nitrogens with zero attached hydrogens (tertiary/aromatic N) is 2. The van der Waals surface area contributed by atoms with Crippen LogP contribution in [0.3, 0.4) is 0 Å². The van der Waals surface area contributed by atoms with E-state index in [0.29, 0.717) is 24.7 Å². The SMILES string of the molecule is O=C(Nc1cc2c3c(n1)C(c1ccccc1)CCN3CCC2)OCCCCl.c1ccccc1. The molecule has 1 amide bonds. The van der Waals surface area contributed by atoms with Crippen molar-refractivity contribution in [3.05, 3.63) is 89.6 Å². The molecule has 0 radical (unpaired) electrons.